The second kappa shape index (κ2) is 5.72. The third-order valence-corrected chi connectivity index (χ3v) is 3.49. The zero-order chi connectivity index (χ0) is 13.1. The predicted octanol–water partition coefficient (Wildman–Crippen LogP) is 2.69. The Morgan fingerprint density at radius 1 is 1.33 bits per heavy atom. The number of ether oxygens (including phenoxy) is 2. The second-order valence-corrected chi connectivity index (χ2v) is 5.31. The van der Waals surface area contributed by atoms with Gasteiger partial charge in [-0.15, -0.1) is 0 Å². The van der Waals surface area contributed by atoms with Crippen LogP contribution in [0.4, 0.5) is 0 Å². The smallest absolute Gasteiger partial charge is 0.124 e. The van der Waals surface area contributed by atoms with Gasteiger partial charge in [-0.2, -0.15) is 0 Å². The van der Waals surface area contributed by atoms with Gasteiger partial charge in [-0.3, -0.25) is 0 Å². The van der Waals surface area contributed by atoms with E-state index in [-0.39, 0.29) is 12.2 Å². The molecule has 2 rings (SSSR count). The maximum absolute atomic E-state index is 6.19. The summed E-state index contributed by atoms with van der Waals surface area (Å²) in [6, 6.07) is 6.25. The van der Waals surface area contributed by atoms with Gasteiger partial charge in [0.2, 0.25) is 0 Å². The van der Waals surface area contributed by atoms with Crippen LogP contribution in [0.3, 0.4) is 0 Å². The molecular weight excluding hydrogens is 226 g/mol. The Hall–Kier alpha value is -1.06. The molecular formula is C15H23NO2. The van der Waals surface area contributed by atoms with Crippen molar-refractivity contribution in [3.8, 4) is 5.75 Å². The van der Waals surface area contributed by atoms with Gasteiger partial charge in [0, 0.05) is 18.7 Å². The van der Waals surface area contributed by atoms with Crippen molar-refractivity contribution in [1.82, 2.24) is 5.32 Å². The van der Waals surface area contributed by atoms with Crippen LogP contribution < -0.4 is 10.1 Å². The lowest BCUT2D eigenvalue weighted by Crippen LogP contribution is -2.43. The number of methoxy groups -OCH3 is 1. The van der Waals surface area contributed by atoms with Gasteiger partial charge < -0.3 is 14.8 Å². The molecule has 3 nitrogen and oxygen atoms in total. The fourth-order valence-corrected chi connectivity index (χ4v) is 2.35. The molecule has 2 atom stereocenters. The molecule has 0 radical (unpaired) electrons. The first-order chi connectivity index (χ1) is 8.61. The normalized spacial score (nSPS) is 24.3. The predicted molar refractivity (Wildman–Crippen MR) is 73.1 cm³/mol. The standard InChI is InChI=1S/C15H23NO2/c1-10(2)14-8-16-9-15(18-14)12-7-11(3)5-6-13(12)17-4/h5-7,10,14-16H,8-9H2,1-4H3. The van der Waals surface area contributed by atoms with E-state index in [1.807, 2.05) is 6.07 Å². The van der Waals surface area contributed by atoms with Crippen molar-refractivity contribution in [1.29, 1.82) is 0 Å². The number of benzene rings is 1. The summed E-state index contributed by atoms with van der Waals surface area (Å²) in [4.78, 5) is 0. The fraction of sp³-hybridized carbons (Fsp3) is 0.600. The molecule has 1 aromatic rings. The molecule has 1 aromatic carbocycles. The Morgan fingerprint density at radius 2 is 2.11 bits per heavy atom. The first-order valence-electron chi connectivity index (χ1n) is 6.62. The number of aryl methyl sites for hydroxylation is 1. The van der Waals surface area contributed by atoms with Crippen LogP contribution in [0.15, 0.2) is 18.2 Å². The molecule has 1 heterocycles. The average Bonchev–Trinajstić information content (AvgIpc) is 2.39. The highest BCUT2D eigenvalue weighted by atomic mass is 16.5. The maximum Gasteiger partial charge on any atom is 0.124 e. The lowest BCUT2D eigenvalue weighted by Gasteiger charge is -2.34. The summed E-state index contributed by atoms with van der Waals surface area (Å²) in [6.07, 6.45) is 0.356. The number of rotatable bonds is 3. The molecule has 1 aliphatic rings. The van der Waals surface area contributed by atoms with Gasteiger partial charge in [0.25, 0.3) is 0 Å². The van der Waals surface area contributed by atoms with Crippen LogP contribution in [-0.2, 0) is 4.74 Å². The minimum Gasteiger partial charge on any atom is -0.496 e. The van der Waals surface area contributed by atoms with Gasteiger partial charge in [0.05, 0.1) is 19.3 Å². The largest absolute Gasteiger partial charge is 0.496 e. The summed E-state index contributed by atoms with van der Waals surface area (Å²) in [5.74, 6) is 1.44. The number of morpholine rings is 1. The van der Waals surface area contributed by atoms with Crippen LogP contribution in [0.25, 0.3) is 0 Å². The Labute approximate surface area is 109 Å². The topological polar surface area (TPSA) is 30.5 Å². The van der Waals surface area contributed by atoms with E-state index >= 15 is 0 Å². The van der Waals surface area contributed by atoms with E-state index in [2.05, 4.69) is 38.2 Å². The molecule has 0 saturated carbocycles. The highest BCUT2D eigenvalue weighted by Gasteiger charge is 2.27. The Balaban J connectivity index is 2.22. The minimum absolute atomic E-state index is 0.0843. The van der Waals surface area contributed by atoms with Gasteiger partial charge in [-0.1, -0.05) is 25.5 Å². The highest BCUT2D eigenvalue weighted by Crippen LogP contribution is 2.31. The molecule has 1 aliphatic heterocycles. The van der Waals surface area contributed by atoms with E-state index in [9.17, 15) is 0 Å². The van der Waals surface area contributed by atoms with Gasteiger partial charge >= 0.3 is 0 Å². The molecule has 0 aromatic heterocycles. The molecule has 100 valence electrons. The molecule has 0 spiro atoms. The first-order valence-corrected chi connectivity index (χ1v) is 6.62. The van der Waals surface area contributed by atoms with Crippen LogP contribution in [0.5, 0.6) is 5.75 Å². The summed E-state index contributed by atoms with van der Waals surface area (Å²) < 4.78 is 11.6. The molecule has 1 fully saturated rings. The summed E-state index contributed by atoms with van der Waals surface area (Å²) in [5, 5.41) is 3.45. The van der Waals surface area contributed by atoms with E-state index in [1.165, 1.54) is 5.56 Å². The molecule has 0 bridgehead atoms. The first kappa shape index (κ1) is 13.4. The van der Waals surface area contributed by atoms with Crippen LogP contribution in [-0.4, -0.2) is 26.3 Å². The third kappa shape index (κ3) is 2.85. The molecule has 0 aliphatic carbocycles. The summed E-state index contributed by atoms with van der Waals surface area (Å²) >= 11 is 0. The lowest BCUT2D eigenvalue weighted by molar-refractivity contribution is -0.0611. The van der Waals surface area contributed by atoms with Crippen molar-refractivity contribution in [3.63, 3.8) is 0 Å². The Morgan fingerprint density at radius 3 is 2.78 bits per heavy atom. The second-order valence-electron chi connectivity index (χ2n) is 5.31. The van der Waals surface area contributed by atoms with Gasteiger partial charge in [0.1, 0.15) is 5.75 Å². The van der Waals surface area contributed by atoms with E-state index in [0.717, 1.165) is 24.4 Å². The zero-order valence-electron chi connectivity index (χ0n) is 11.7. The van der Waals surface area contributed by atoms with Crippen molar-refractivity contribution >= 4 is 0 Å². The monoisotopic (exact) mass is 249 g/mol. The number of nitrogens with one attached hydrogen (secondary N) is 1. The molecule has 3 heteroatoms. The Bertz CT molecular complexity index is 403. The van der Waals surface area contributed by atoms with Crippen LogP contribution in [0.1, 0.15) is 31.1 Å². The lowest BCUT2D eigenvalue weighted by atomic mass is 10.0. The zero-order valence-corrected chi connectivity index (χ0v) is 11.7. The van der Waals surface area contributed by atoms with Crippen molar-refractivity contribution in [2.24, 2.45) is 5.92 Å². The fourth-order valence-electron chi connectivity index (χ4n) is 2.35. The molecule has 18 heavy (non-hydrogen) atoms. The molecule has 0 amide bonds. The average molecular weight is 249 g/mol. The number of hydrogen-bond donors (Lipinski definition) is 1. The van der Waals surface area contributed by atoms with Crippen molar-refractivity contribution < 1.29 is 9.47 Å². The molecule has 1 N–H and O–H groups in total. The van der Waals surface area contributed by atoms with E-state index in [1.54, 1.807) is 7.11 Å². The third-order valence-electron chi connectivity index (χ3n) is 3.49. The van der Waals surface area contributed by atoms with Crippen molar-refractivity contribution in [2.45, 2.75) is 33.0 Å². The quantitative estimate of drug-likeness (QED) is 0.893. The van der Waals surface area contributed by atoms with Gasteiger partial charge in [0.15, 0.2) is 0 Å². The van der Waals surface area contributed by atoms with Crippen LogP contribution in [0, 0.1) is 12.8 Å². The van der Waals surface area contributed by atoms with Crippen LogP contribution in [0.2, 0.25) is 0 Å². The van der Waals surface area contributed by atoms with Gasteiger partial charge in [-0.05, 0) is 25.0 Å². The summed E-state index contributed by atoms with van der Waals surface area (Å²) in [7, 11) is 1.71. The summed E-state index contributed by atoms with van der Waals surface area (Å²) in [5.41, 5.74) is 2.39. The highest BCUT2D eigenvalue weighted by molar-refractivity contribution is 5.38. The molecule has 1 saturated heterocycles. The summed E-state index contributed by atoms with van der Waals surface area (Å²) in [6.45, 7) is 8.27. The van der Waals surface area contributed by atoms with Crippen molar-refractivity contribution in [2.75, 3.05) is 20.2 Å². The number of hydrogen-bond acceptors (Lipinski definition) is 3. The van der Waals surface area contributed by atoms with E-state index in [0.29, 0.717) is 5.92 Å². The minimum atomic E-state index is 0.0843. The van der Waals surface area contributed by atoms with Gasteiger partial charge in [-0.25, -0.2) is 0 Å². The molecule has 2 unspecified atom stereocenters. The Kier molecular flexibility index (Phi) is 4.25. The van der Waals surface area contributed by atoms with Crippen LogP contribution >= 0.6 is 0 Å². The van der Waals surface area contributed by atoms with E-state index < -0.39 is 0 Å². The SMILES string of the molecule is COc1ccc(C)cc1C1CNCC(C(C)C)O1. The van der Waals surface area contributed by atoms with Crippen molar-refractivity contribution in [3.05, 3.63) is 29.3 Å². The maximum atomic E-state index is 6.19. The van der Waals surface area contributed by atoms with E-state index in [4.69, 9.17) is 9.47 Å².